The average Bonchev–Trinajstić information content (AvgIpc) is 3.08. The Morgan fingerprint density at radius 1 is 1.23 bits per heavy atom. The predicted octanol–water partition coefficient (Wildman–Crippen LogP) is 3.35. The van der Waals surface area contributed by atoms with Crippen LogP contribution < -0.4 is 14.8 Å². The lowest BCUT2D eigenvalue weighted by atomic mass is 10.1. The van der Waals surface area contributed by atoms with Gasteiger partial charge in [-0.2, -0.15) is 0 Å². The summed E-state index contributed by atoms with van der Waals surface area (Å²) in [7, 11) is 0. The number of ether oxygens (including phenoxy) is 2. The Bertz CT molecular complexity index is 865. The fraction of sp³-hybridized carbons (Fsp3) is 0.167. The van der Waals surface area contributed by atoms with E-state index in [4.69, 9.17) is 21.1 Å². The number of hydrogen-bond acceptors (Lipinski definition) is 5. The molecule has 0 bridgehead atoms. The van der Waals surface area contributed by atoms with Gasteiger partial charge in [-0.1, -0.05) is 23.7 Å². The summed E-state index contributed by atoms with van der Waals surface area (Å²) < 4.78 is 10.3. The second kappa shape index (κ2) is 7.88. The highest BCUT2D eigenvalue weighted by atomic mass is 35.5. The number of fused-ring (bicyclic) bond motifs is 1. The Kier molecular flexibility index (Phi) is 5.38. The van der Waals surface area contributed by atoms with Gasteiger partial charge in [0, 0.05) is 17.6 Å². The van der Waals surface area contributed by atoms with E-state index in [1.807, 2.05) is 12.1 Å². The standard InChI is InChI=1S/C18H15ClN2O5/c19-14-4-1-12(2-5-14)7-8-20-18(22)6-3-13-9-16-17(26-11-25-16)10-15(13)21(23)24/h1-6,9-10H,7-8,11H2,(H,20,22)/b6-3+. The van der Waals surface area contributed by atoms with Crippen LogP contribution in [0.1, 0.15) is 11.1 Å². The van der Waals surface area contributed by atoms with E-state index in [1.54, 1.807) is 12.1 Å². The summed E-state index contributed by atoms with van der Waals surface area (Å²) in [6.45, 7) is 0.457. The summed E-state index contributed by atoms with van der Waals surface area (Å²) in [6.07, 6.45) is 3.30. The van der Waals surface area contributed by atoms with Crippen molar-refractivity contribution >= 4 is 29.3 Å². The van der Waals surface area contributed by atoms with Crippen LogP contribution in [-0.4, -0.2) is 24.2 Å². The zero-order valence-electron chi connectivity index (χ0n) is 13.6. The zero-order valence-corrected chi connectivity index (χ0v) is 14.4. The molecule has 1 aliphatic rings. The van der Waals surface area contributed by atoms with E-state index < -0.39 is 4.92 Å². The molecule has 1 N–H and O–H groups in total. The van der Waals surface area contributed by atoms with Crippen molar-refractivity contribution < 1.29 is 19.2 Å². The fourth-order valence-corrected chi connectivity index (χ4v) is 2.57. The van der Waals surface area contributed by atoms with Gasteiger partial charge in [-0.25, -0.2) is 0 Å². The predicted molar refractivity (Wildman–Crippen MR) is 96.4 cm³/mol. The SMILES string of the molecule is O=C(/C=C/c1cc2c(cc1[N+](=O)[O-])OCO2)NCCc1ccc(Cl)cc1. The highest BCUT2D eigenvalue weighted by Gasteiger charge is 2.22. The molecule has 3 rings (SSSR count). The molecule has 1 aliphatic heterocycles. The van der Waals surface area contributed by atoms with Crippen molar-refractivity contribution in [1.29, 1.82) is 0 Å². The molecule has 0 aromatic heterocycles. The first-order chi connectivity index (χ1) is 12.5. The molecule has 0 radical (unpaired) electrons. The molecule has 1 heterocycles. The quantitative estimate of drug-likeness (QED) is 0.475. The monoisotopic (exact) mass is 374 g/mol. The van der Waals surface area contributed by atoms with Gasteiger partial charge < -0.3 is 14.8 Å². The maximum atomic E-state index is 11.9. The number of hydrogen-bond donors (Lipinski definition) is 1. The number of halogens is 1. The summed E-state index contributed by atoms with van der Waals surface area (Å²) in [5, 5.41) is 14.6. The Hall–Kier alpha value is -3.06. The third-order valence-electron chi connectivity index (χ3n) is 3.76. The maximum Gasteiger partial charge on any atom is 0.280 e. The van der Waals surface area contributed by atoms with Crippen LogP contribution in [0.5, 0.6) is 11.5 Å². The summed E-state index contributed by atoms with van der Waals surface area (Å²) in [5.41, 5.74) is 1.16. The molecular formula is C18H15ClN2O5. The van der Waals surface area contributed by atoms with E-state index >= 15 is 0 Å². The largest absolute Gasteiger partial charge is 0.454 e. The molecule has 26 heavy (non-hydrogen) atoms. The number of amides is 1. The van der Waals surface area contributed by atoms with E-state index in [0.29, 0.717) is 29.5 Å². The van der Waals surface area contributed by atoms with Crippen LogP contribution in [0.15, 0.2) is 42.5 Å². The van der Waals surface area contributed by atoms with Crippen molar-refractivity contribution in [3.05, 3.63) is 68.7 Å². The van der Waals surface area contributed by atoms with E-state index in [1.165, 1.54) is 24.3 Å². The Morgan fingerprint density at radius 2 is 1.92 bits per heavy atom. The molecule has 1 amide bonds. The average molecular weight is 375 g/mol. The highest BCUT2D eigenvalue weighted by Crippen LogP contribution is 2.38. The molecule has 0 unspecified atom stereocenters. The molecule has 8 heteroatoms. The Balaban J connectivity index is 1.61. The summed E-state index contributed by atoms with van der Waals surface area (Å²) in [5.74, 6) is 0.394. The van der Waals surface area contributed by atoms with Gasteiger partial charge in [-0.05, 0) is 36.3 Å². The molecule has 0 saturated carbocycles. The molecular weight excluding hydrogens is 360 g/mol. The topological polar surface area (TPSA) is 90.7 Å². The molecule has 0 atom stereocenters. The van der Waals surface area contributed by atoms with Crippen LogP contribution >= 0.6 is 11.6 Å². The van der Waals surface area contributed by atoms with Crippen molar-refractivity contribution in [3.8, 4) is 11.5 Å². The zero-order chi connectivity index (χ0) is 18.5. The van der Waals surface area contributed by atoms with Crippen LogP contribution in [-0.2, 0) is 11.2 Å². The minimum absolute atomic E-state index is 0.0187. The summed E-state index contributed by atoms with van der Waals surface area (Å²) in [4.78, 5) is 22.6. The van der Waals surface area contributed by atoms with E-state index in [0.717, 1.165) is 5.56 Å². The van der Waals surface area contributed by atoms with Gasteiger partial charge in [0.1, 0.15) is 0 Å². The number of nitrogens with zero attached hydrogens (tertiary/aromatic N) is 1. The minimum Gasteiger partial charge on any atom is -0.454 e. The lowest BCUT2D eigenvalue weighted by molar-refractivity contribution is -0.385. The number of carbonyl (C=O) groups excluding carboxylic acids is 1. The number of benzene rings is 2. The number of nitrogens with one attached hydrogen (secondary N) is 1. The van der Waals surface area contributed by atoms with Crippen LogP contribution in [0.25, 0.3) is 6.08 Å². The first kappa shape index (κ1) is 17.8. The molecule has 0 fully saturated rings. The number of carbonyl (C=O) groups is 1. The molecule has 2 aromatic carbocycles. The van der Waals surface area contributed by atoms with Crippen LogP contribution in [0.2, 0.25) is 5.02 Å². The fourth-order valence-electron chi connectivity index (χ4n) is 2.44. The normalized spacial score (nSPS) is 12.3. The Labute approximate surface area is 154 Å². The van der Waals surface area contributed by atoms with Gasteiger partial charge in [0.25, 0.3) is 5.69 Å². The van der Waals surface area contributed by atoms with E-state index in [9.17, 15) is 14.9 Å². The molecule has 0 aliphatic carbocycles. The van der Waals surface area contributed by atoms with E-state index in [2.05, 4.69) is 5.32 Å². The minimum atomic E-state index is -0.528. The number of nitro groups is 1. The first-order valence-corrected chi connectivity index (χ1v) is 8.19. The number of nitro benzene ring substituents is 1. The Morgan fingerprint density at radius 3 is 2.62 bits per heavy atom. The number of rotatable bonds is 6. The first-order valence-electron chi connectivity index (χ1n) is 7.81. The van der Waals surface area contributed by atoms with Crippen LogP contribution in [0.4, 0.5) is 5.69 Å². The second-order valence-corrected chi connectivity index (χ2v) is 5.96. The summed E-state index contributed by atoms with van der Waals surface area (Å²) in [6, 6.07) is 10.1. The molecule has 2 aromatic rings. The van der Waals surface area contributed by atoms with Gasteiger partial charge in [0.05, 0.1) is 16.6 Å². The molecule has 7 nitrogen and oxygen atoms in total. The second-order valence-electron chi connectivity index (χ2n) is 5.52. The lowest BCUT2D eigenvalue weighted by Gasteiger charge is -2.03. The van der Waals surface area contributed by atoms with Crippen molar-refractivity contribution in [2.75, 3.05) is 13.3 Å². The van der Waals surface area contributed by atoms with Crippen LogP contribution in [0, 0.1) is 10.1 Å². The van der Waals surface area contributed by atoms with E-state index in [-0.39, 0.29) is 24.0 Å². The lowest BCUT2D eigenvalue weighted by Crippen LogP contribution is -2.23. The third-order valence-corrected chi connectivity index (χ3v) is 4.01. The molecule has 0 saturated heterocycles. The highest BCUT2D eigenvalue weighted by molar-refractivity contribution is 6.30. The van der Waals surface area contributed by atoms with Crippen molar-refractivity contribution in [2.45, 2.75) is 6.42 Å². The third kappa shape index (κ3) is 4.31. The van der Waals surface area contributed by atoms with Gasteiger partial charge >= 0.3 is 0 Å². The molecule has 134 valence electrons. The van der Waals surface area contributed by atoms with Crippen molar-refractivity contribution in [1.82, 2.24) is 5.32 Å². The summed E-state index contributed by atoms with van der Waals surface area (Å²) >= 11 is 5.82. The smallest absolute Gasteiger partial charge is 0.280 e. The van der Waals surface area contributed by atoms with Crippen molar-refractivity contribution in [2.24, 2.45) is 0 Å². The van der Waals surface area contributed by atoms with Gasteiger partial charge in [0.2, 0.25) is 12.7 Å². The van der Waals surface area contributed by atoms with Gasteiger partial charge in [-0.15, -0.1) is 0 Å². The van der Waals surface area contributed by atoms with Gasteiger partial charge in [0.15, 0.2) is 11.5 Å². The molecule has 0 spiro atoms. The maximum absolute atomic E-state index is 11.9. The van der Waals surface area contributed by atoms with Crippen LogP contribution in [0.3, 0.4) is 0 Å². The van der Waals surface area contributed by atoms with Crippen molar-refractivity contribution in [3.63, 3.8) is 0 Å². The van der Waals surface area contributed by atoms with Gasteiger partial charge in [-0.3, -0.25) is 14.9 Å².